The van der Waals surface area contributed by atoms with Crippen LogP contribution in [0, 0.1) is 0 Å². The van der Waals surface area contributed by atoms with Gasteiger partial charge < -0.3 is 10.8 Å². The van der Waals surface area contributed by atoms with E-state index in [0.717, 1.165) is 22.4 Å². The van der Waals surface area contributed by atoms with Crippen LogP contribution in [0.3, 0.4) is 0 Å². The van der Waals surface area contributed by atoms with E-state index >= 15 is 0 Å². The third-order valence-corrected chi connectivity index (χ3v) is 3.67. The molecule has 3 N–H and O–H groups in total. The second-order valence-electron chi connectivity index (χ2n) is 3.70. The van der Waals surface area contributed by atoms with E-state index in [4.69, 9.17) is 5.73 Å². The first kappa shape index (κ1) is 14.0. The van der Waals surface area contributed by atoms with E-state index in [2.05, 4.69) is 0 Å². The molecule has 2 nitrogen and oxygen atoms in total. The van der Waals surface area contributed by atoms with Gasteiger partial charge in [0.1, 0.15) is 5.75 Å². The van der Waals surface area contributed by atoms with Gasteiger partial charge in [0.25, 0.3) is 0 Å². The average Bonchev–Trinajstić information content (AvgIpc) is 2.82. The summed E-state index contributed by atoms with van der Waals surface area (Å²) in [6.45, 7) is 2.02. The molecule has 4 heteroatoms. The lowest BCUT2D eigenvalue weighted by Gasteiger charge is -2.14. The second-order valence-corrected chi connectivity index (χ2v) is 4.68. The molecule has 0 saturated heterocycles. The molecule has 1 heterocycles. The van der Waals surface area contributed by atoms with Gasteiger partial charge in [0, 0.05) is 10.4 Å². The Morgan fingerprint density at radius 2 is 2.06 bits per heavy atom. The molecule has 0 spiro atoms. The van der Waals surface area contributed by atoms with Crippen LogP contribution in [0.15, 0.2) is 35.7 Å². The Morgan fingerprint density at radius 3 is 2.65 bits per heavy atom. The van der Waals surface area contributed by atoms with Gasteiger partial charge in [0.15, 0.2) is 0 Å². The topological polar surface area (TPSA) is 46.2 Å². The molecular formula is C13H16ClNOS. The van der Waals surface area contributed by atoms with Crippen molar-refractivity contribution in [3.05, 3.63) is 51.7 Å². The van der Waals surface area contributed by atoms with Gasteiger partial charge in [-0.25, -0.2) is 0 Å². The maximum Gasteiger partial charge on any atom is 0.123 e. The monoisotopic (exact) mass is 269 g/mol. The number of hydrogen-bond donors (Lipinski definition) is 2. The quantitative estimate of drug-likeness (QED) is 0.896. The first-order valence-corrected chi connectivity index (χ1v) is 6.21. The third kappa shape index (κ3) is 2.80. The van der Waals surface area contributed by atoms with Gasteiger partial charge in [-0.05, 0) is 23.4 Å². The van der Waals surface area contributed by atoms with Crippen molar-refractivity contribution < 1.29 is 5.11 Å². The number of halogens is 1. The Morgan fingerprint density at radius 1 is 1.29 bits per heavy atom. The van der Waals surface area contributed by atoms with Crippen molar-refractivity contribution in [2.24, 2.45) is 5.73 Å². The van der Waals surface area contributed by atoms with Crippen LogP contribution in [-0.4, -0.2) is 5.11 Å². The van der Waals surface area contributed by atoms with E-state index in [9.17, 15) is 5.11 Å². The summed E-state index contributed by atoms with van der Waals surface area (Å²) in [6, 6.07) is 9.50. The van der Waals surface area contributed by atoms with E-state index in [0.29, 0.717) is 5.75 Å². The molecule has 0 saturated carbocycles. The fourth-order valence-electron chi connectivity index (χ4n) is 1.77. The van der Waals surface area contributed by atoms with Crippen LogP contribution in [0.2, 0.25) is 0 Å². The van der Waals surface area contributed by atoms with E-state index in [1.165, 1.54) is 0 Å². The lowest BCUT2D eigenvalue weighted by Crippen LogP contribution is -2.10. The minimum absolute atomic E-state index is 0. The molecule has 0 amide bonds. The zero-order valence-corrected chi connectivity index (χ0v) is 11.2. The first-order chi connectivity index (χ1) is 7.74. The highest BCUT2D eigenvalue weighted by molar-refractivity contribution is 7.10. The minimum Gasteiger partial charge on any atom is -0.507 e. The van der Waals surface area contributed by atoms with E-state index in [1.807, 2.05) is 42.6 Å². The summed E-state index contributed by atoms with van der Waals surface area (Å²) in [5, 5.41) is 12.1. The molecule has 0 bridgehead atoms. The van der Waals surface area contributed by atoms with Crippen LogP contribution in [0.1, 0.15) is 29.0 Å². The molecule has 0 unspecified atom stereocenters. The molecule has 17 heavy (non-hydrogen) atoms. The molecule has 1 aromatic carbocycles. The van der Waals surface area contributed by atoms with E-state index in [-0.39, 0.29) is 18.4 Å². The molecule has 0 aliphatic rings. The molecule has 1 atom stereocenters. The van der Waals surface area contributed by atoms with Gasteiger partial charge in [-0.2, -0.15) is 0 Å². The third-order valence-electron chi connectivity index (χ3n) is 2.72. The fourth-order valence-corrected chi connectivity index (χ4v) is 2.51. The lowest BCUT2D eigenvalue weighted by atomic mass is 10.0. The minimum atomic E-state index is -0.230. The van der Waals surface area contributed by atoms with Gasteiger partial charge in [-0.15, -0.1) is 23.7 Å². The molecule has 0 fully saturated rings. The molecule has 0 radical (unpaired) electrons. The number of para-hydroxylation sites is 1. The van der Waals surface area contributed by atoms with Crippen molar-refractivity contribution in [1.29, 1.82) is 0 Å². The normalized spacial score (nSPS) is 11.9. The van der Waals surface area contributed by atoms with Crippen LogP contribution < -0.4 is 5.73 Å². The summed E-state index contributed by atoms with van der Waals surface area (Å²) in [7, 11) is 0. The number of phenolic OH excluding ortho intramolecular Hbond substituents is 1. The van der Waals surface area contributed by atoms with Crippen LogP contribution in [0.5, 0.6) is 5.75 Å². The summed E-state index contributed by atoms with van der Waals surface area (Å²) < 4.78 is 0. The molecule has 92 valence electrons. The number of benzene rings is 1. The highest BCUT2D eigenvalue weighted by Gasteiger charge is 2.15. The second kappa shape index (κ2) is 6.05. The Labute approximate surface area is 112 Å². The summed E-state index contributed by atoms with van der Waals surface area (Å²) in [6.07, 6.45) is 0.816. The molecular weight excluding hydrogens is 254 g/mol. The maximum absolute atomic E-state index is 10.1. The number of nitrogens with two attached hydrogens (primary N) is 1. The van der Waals surface area contributed by atoms with Gasteiger partial charge in [0.05, 0.1) is 6.04 Å². The number of aromatic hydroxyl groups is 1. The Balaban J connectivity index is 0.00000144. The van der Waals surface area contributed by atoms with E-state index < -0.39 is 0 Å². The zero-order chi connectivity index (χ0) is 11.5. The van der Waals surface area contributed by atoms with Crippen LogP contribution in [0.25, 0.3) is 0 Å². The largest absolute Gasteiger partial charge is 0.507 e. The number of aryl methyl sites for hydroxylation is 1. The maximum atomic E-state index is 10.1. The smallest absolute Gasteiger partial charge is 0.123 e. The van der Waals surface area contributed by atoms with Crippen molar-refractivity contribution in [2.45, 2.75) is 19.4 Å². The first-order valence-electron chi connectivity index (χ1n) is 5.33. The standard InChI is InChI=1S/C13H15NOS.ClH/c1-2-9-5-3-6-10(13(9)15)12(14)11-7-4-8-16-11;/h3-8,12,15H,2,14H2,1H3;1H/t12-;/m0./s1. The Kier molecular flexibility index (Phi) is 5.00. The van der Waals surface area contributed by atoms with Crippen molar-refractivity contribution in [3.8, 4) is 5.75 Å². The number of phenols is 1. The van der Waals surface area contributed by atoms with Gasteiger partial charge in [-0.3, -0.25) is 0 Å². The van der Waals surface area contributed by atoms with Crippen molar-refractivity contribution in [1.82, 2.24) is 0 Å². The SMILES string of the molecule is CCc1cccc([C@H](N)c2cccs2)c1O.Cl. The highest BCUT2D eigenvalue weighted by Crippen LogP contribution is 2.32. The van der Waals surface area contributed by atoms with Crippen molar-refractivity contribution >= 4 is 23.7 Å². The summed E-state index contributed by atoms with van der Waals surface area (Å²) in [4.78, 5) is 1.07. The number of thiophene rings is 1. The summed E-state index contributed by atoms with van der Waals surface area (Å²) in [5.41, 5.74) is 7.89. The van der Waals surface area contributed by atoms with Crippen LogP contribution in [-0.2, 0) is 6.42 Å². The van der Waals surface area contributed by atoms with Crippen molar-refractivity contribution in [3.63, 3.8) is 0 Å². The van der Waals surface area contributed by atoms with Gasteiger partial charge in [0.2, 0.25) is 0 Å². The highest BCUT2D eigenvalue weighted by atomic mass is 35.5. The van der Waals surface area contributed by atoms with Crippen molar-refractivity contribution in [2.75, 3.05) is 0 Å². The molecule has 0 aliphatic carbocycles. The predicted octanol–water partition coefficient (Wildman–Crippen LogP) is 3.49. The van der Waals surface area contributed by atoms with Crippen LogP contribution in [0.4, 0.5) is 0 Å². The number of hydrogen-bond acceptors (Lipinski definition) is 3. The fraction of sp³-hybridized carbons (Fsp3) is 0.231. The van der Waals surface area contributed by atoms with E-state index in [1.54, 1.807) is 11.3 Å². The molecule has 0 aliphatic heterocycles. The van der Waals surface area contributed by atoms with Crippen LogP contribution >= 0.6 is 23.7 Å². The Hall–Kier alpha value is -1.03. The molecule has 2 aromatic rings. The summed E-state index contributed by atoms with van der Waals surface area (Å²) in [5.74, 6) is 0.339. The number of rotatable bonds is 3. The Bertz CT molecular complexity index is 470. The average molecular weight is 270 g/mol. The molecule has 2 rings (SSSR count). The van der Waals surface area contributed by atoms with Gasteiger partial charge in [-0.1, -0.05) is 31.2 Å². The molecule has 1 aromatic heterocycles. The lowest BCUT2D eigenvalue weighted by molar-refractivity contribution is 0.459. The van der Waals surface area contributed by atoms with Gasteiger partial charge >= 0.3 is 0 Å². The summed E-state index contributed by atoms with van der Waals surface area (Å²) >= 11 is 1.61. The predicted molar refractivity (Wildman–Crippen MR) is 75.1 cm³/mol. The zero-order valence-electron chi connectivity index (χ0n) is 9.59.